The number of hydrogen-bond donors (Lipinski definition) is 4. The maximum atomic E-state index is 13.7. The predicted octanol–water partition coefficient (Wildman–Crippen LogP) is 8.30. The quantitative estimate of drug-likeness (QED) is 0.125. The first-order chi connectivity index (χ1) is 26.8. The number of imidazole rings is 2. The van der Waals surface area contributed by atoms with Gasteiger partial charge in [0.2, 0.25) is 5.91 Å². The number of methoxy groups -OCH3 is 1. The normalized spacial score (nSPS) is 21.1. The Bertz CT molecular complexity index is 2210. The van der Waals surface area contributed by atoms with Gasteiger partial charge in [-0.05, 0) is 122 Å². The maximum Gasteiger partial charge on any atom is 0.407 e. The topological polar surface area (TPSA) is 141 Å². The molecule has 0 unspecified atom stereocenters. The Hall–Kier alpha value is -5.03. The lowest BCUT2D eigenvalue weighted by Gasteiger charge is -2.39. The Morgan fingerprint density at radius 1 is 0.891 bits per heavy atom. The van der Waals surface area contributed by atoms with Gasteiger partial charge in [0.25, 0.3) is 0 Å². The van der Waals surface area contributed by atoms with E-state index in [-0.39, 0.29) is 23.3 Å². The zero-order valence-electron chi connectivity index (χ0n) is 32.2. The van der Waals surface area contributed by atoms with Gasteiger partial charge in [-0.15, -0.1) is 0 Å². The van der Waals surface area contributed by atoms with Gasteiger partial charge in [0.1, 0.15) is 17.7 Å². The molecule has 3 aromatic heterocycles. The van der Waals surface area contributed by atoms with E-state index in [0.717, 1.165) is 71.9 Å². The first-order valence-electron chi connectivity index (χ1n) is 20.4. The third-order valence-electron chi connectivity index (χ3n) is 12.9. The number of nitrogens with zero attached hydrogens (tertiary/aromatic N) is 4. The lowest BCUT2D eigenvalue weighted by atomic mass is 9.65. The van der Waals surface area contributed by atoms with Crippen molar-refractivity contribution in [2.24, 2.45) is 5.92 Å². The molecule has 2 aliphatic carbocycles. The summed E-state index contributed by atoms with van der Waals surface area (Å²) in [5.41, 5.74) is 12.0. The van der Waals surface area contributed by atoms with Crippen LogP contribution in [0.15, 0.2) is 54.9 Å². The number of nitrogens with one attached hydrogen (secondary N) is 4. The van der Waals surface area contributed by atoms with Gasteiger partial charge in [-0.3, -0.25) is 9.78 Å². The highest BCUT2D eigenvalue weighted by Crippen LogP contribution is 2.54. The van der Waals surface area contributed by atoms with E-state index in [4.69, 9.17) is 19.7 Å². The molecular weight excluding hydrogens is 689 g/mol. The zero-order chi connectivity index (χ0) is 37.7. The van der Waals surface area contributed by atoms with Gasteiger partial charge < -0.3 is 30.2 Å². The smallest absolute Gasteiger partial charge is 0.407 e. The molecule has 1 spiro atoms. The number of ether oxygens (including phenoxy) is 1. The molecule has 3 atom stereocenters. The number of fused-ring (bicyclic) bond motifs is 3. The van der Waals surface area contributed by atoms with Crippen LogP contribution in [0.3, 0.4) is 0 Å². The number of benzene rings is 2. The third-order valence-corrected chi connectivity index (χ3v) is 12.9. The van der Waals surface area contributed by atoms with Gasteiger partial charge in [0.15, 0.2) is 0 Å². The largest absolute Gasteiger partial charge is 0.453 e. The minimum Gasteiger partial charge on any atom is -0.453 e. The van der Waals surface area contributed by atoms with Crippen LogP contribution in [0.25, 0.3) is 44.7 Å². The summed E-state index contributed by atoms with van der Waals surface area (Å²) in [6.45, 7) is 5.51. The molecule has 5 heterocycles. The summed E-state index contributed by atoms with van der Waals surface area (Å²) in [6, 6.07) is 15.2. The molecule has 4 aliphatic rings. The van der Waals surface area contributed by atoms with E-state index in [2.05, 4.69) is 63.1 Å². The first-order valence-corrected chi connectivity index (χ1v) is 20.4. The summed E-state index contributed by atoms with van der Waals surface area (Å²) in [6.07, 6.45) is 15.7. The van der Waals surface area contributed by atoms with Gasteiger partial charge in [-0.1, -0.05) is 44.9 Å². The van der Waals surface area contributed by atoms with E-state index in [9.17, 15) is 9.59 Å². The van der Waals surface area contributed by atoms with Crippen molar-refractivity contribution >= 4 is 23.0 Å². The van der Waals surface area contributed by atoms with Crippen molar-refractivity contribution in [3.05, 3.63) is 77.6 Å². The molecule has 0 radical (unpaired) electrons. The Balaban J connectivity index is 1.00. The van der Waals surface area contributed by atoms with Crippen LogP contribution in [0.5, 0.6) is 0 Å². The number of H-pyrrole nitrogens is 2. The van der Waals surface area contributed by atoms with E-state index < -0.39 is 12.1 Å². The number of amides is 2. The monoisotopic (exact) mass is 740 g/mol. The van der Waals surface area contributed by atoms with Crippen molar-refractivity contribution in [3.8, 4) is 33.6 Å². The lowest BCUT2D eigenvalue weighted by molar-refractivity contribution is -0.135. The van der Waals surface area contributed by atoms with Crippen molar-refractivity contribution < 1.29 is 14.3 Å². The third kappa shape index (κ3) is 6.50. The average Bonchev–Trinajstić information content (AvgIpc) is 4.06. The Morgan fingerprint density at radius 3 is 2.47 bits per heavy atom. The van der Waals surface area contributed by atoms with Crippen LogP contribution < -0.4 is 10.6 Å². The molecule has 4 N–H and O–H groups in total. The molecule has 55 heavy (non-hydrogen) atoms. The second-order valence-corrected chi connectivity index (χ2v) is 16.5. The van der Waals surface area contributed by atoms with E-state index >= 15 is 0 Å². The minimum atomic E-state index is -0.671. The molecule has 2 aromatic carbocycles. The number of rotatable bonds is 8. The Labute approximate surface area is 322 Å². The zero-order valence-corrected chi connectivity index (χ0v) is 32.2. The summed E-state index contributed by atoms with van der Waals surface area (Å²) >= 11 is 0. The van der Waals surface area contributed by atoms with Gasteiger partial charge in [0.05, 0.1) is 47.8 Å². The highest BCUT2D eigenvalue weighted by atomic mass is 16.5. The predicted molar refractivity (Wildman–Crippen MR) is 213 cm³/mol. The number of aromatic amines is 2. The van der Waals surface area contributed by atoms with Crippen LogP contribution in [0.2, 0.25) is 0 Å². The van der Waals surface area contributed by atoms with Crippen molar-refractivity contribution in [1.29, 1.82) is 0 Å². The molecule has 286 valence electrons. The van der Waals surface area contributed by atoms with Gasteiger partial charge in [0, 0.05) is 23.9 Å². The van der Waals surface area contributed by atoms with E-state index in [1.807, 2.05) is 31.1 Å². The van der Waals surface area contributed by atoms with Crippen LogP contribution in [-0.2, 0) is 21.4 Å². The number of carbonyl (C=O) groups excluding carboxylic acids is 2. The van der Waals surface area contributed by atoms with Crippen LogP contribution in [0.1, 0.15) is 113 Å². The van der Waals surface area contributed by atoms with Gasteiger partial charge in [-0.25, -0.2) is 14.8 Å². The van der Waals surface area contributed by atoms with Crippen molar-refractivity contribution in [2.75, 3.05) is 20.2 Å². The summed E-state index contributed by atoms with van der Waals surface area (Å²) < 4.78 is 4.79. The number of hydrogen-bond acceptors (Lipinski definition) is 7. The van der Waals surface area contributed by atoms with Crippen LogP contribution in [0, 0.1) is 5.92 Å². The molecule has 1 saturated carbocycles. The van der Waals surface area contributed by atoms with Crippen molar-refractivity contribution in [1.82, 2.24) is 40.5 Å². The number of carbonyl (C=O) groups is 2. The fourth-order valence-corrected chi connectivity index (χ4v) is 10.1. The summed E-state index contributed by atoms with van der Waals surface area (Å²) in [4.78, 5) is 49.5. The molecule has 9 rings (SSSR count). The molecule has 5 aromatic rings. The fraction of sp³-hybridized carbons (Fsp3) is 0.477. The summed E-state index contributed by atoms with van der Waals surface area (Å²) in [7, 11) is 1.31. The molecule has 2 saturated heterocycles. The number of aromatic nitrogens is 5. The second kappa shape index (κ2) is 14.6. The average molecular weight is 741 g/mol. The molecule has 2 aliphatic heterocycles. The highest BCUT2D eigenvalue weighted by molar-refractivity contribution is 5.87. The van der Waals surface area contributed by atoms with Crippen LogP contribution in [-0.4, -0.2) is 68.1 Å². The van der Waals surface area contributed by atoms with E-state index in [0.29, 0.717) is 12.6 Å². The first kappa shape index (κ1) is 35.7. The molecule has 0 bridgehead atoms. The second-order valence-electron chi connectivity index (χ2n) is 16.5. The summed E-state index contributed by atoms with van der Waals surface area (Å²) in [5, 5.41) is 6.32. The van der Waals surface area contributed by atoms with Crippen molar-refractivity contribution in [2.45, 2.75) is 108 Å². The fourth-order valence-electron chi connectivity index (χ4n) is 10.1. The van der Waals surface area contributed by atoms with E-state index in [1.165, 1.54) is 74.3 Å². The Kier molecular flexibility index (Phi) is 9.44. The lowest BCUT2D eigenvalue weighted by Crippen LogP contribution is -2.51. The Morgan fingerprint density at radius 2 is 1.71 bits per heavy atom. The number of alkyl carbamates (subject to hydrolysis) is 1. The van der Waals surface area contributed by atoms with Crippen LogP contribution in [0.4, 0.5) is 4.79 Å². The van der Waals surface area contributed by atoms with E-state index in [1.54, 1.807) is 5.56 Å². The molecular formula is C44H52N8O3. The summed E-state index contributed by atoms with van der Waals surface area (Å²) in [5.74, 6) is 1.59. The molecule has 2 amide bonds. The molecule has 11 heteroatoms. The molecule has 3 fully saturated rings. The van der Waals surface area contributed by atoms with Gasteiger partial charge >= 0.3 is 6.09 Å². The standard InChI is InChI=1S/C44H52N8O3/c1-26(2)39(51-43(54)55-3)42(53)52-22-8-11-37(52)41-47-25-36(50-41)28-13-16-32(46-24-28)30-15-14-29(38-31(30)9-6-20-44(38)18-4-5-19-44)27-12-17-33-35(23-27)49-40(48-33)34-10-7-21-45-34/h12-17,23-26,34,37,39,45H,4-11,18-22H2,1-3H3,(H,47,50)(H,48,49)(H,51,54)/t34-,37-,39-/m0/s1. The highest BCUT2D eigenvalue weighted by Gasteiger charge is 2.42. The van der Waals surface area contributed by atoms with Crippen LogP contribution >= 0.6 is 0 Å². The SMILES string of the molecule is COC(=O)N[C@H](C(=O)N1CCC[C@H]1c1ncc(-c2ccc(-c3ccc(-c4ccc5nc([C@@H]6CCCN6)[nH]c5c4)c4c3CCCC43CCCC3)nc2)[nH]1)C(C)C. The molecule has 11 nitrogen and oxygen atoms in total. The number of likely N-dealkylation sites (tertiary alicyclic amines) is 1. The number of pyridine rings is 1. The maximum absolute atomic E-state index is 13.7. The minimum absolute atomic E-state index is 0.0889. The van der Waals surface area contributed by atoms with Gasteiger partial charge in [-0.2, -0.15) is 0 Å². The van der Waals surface area contributed by atoms with Crippen molar-refractivity contribution in [3.63, 3.8) is 0 Å².